The molecule has 5 aromatic rings. The first kappa shape index (κ1) is 71.0. The molecule has 486 valence electrons. The molecule has 2 unspecified atom stereocenters. The molecule has 0 aliphatic carbocycles. The van der Waals surface area contributed by atoms with E-state index < -0.39 is 0 Å². The minimum Gasteiger partial charge on any atom is -0.496 e. The van der Waals surface area contributed by atoms with Gasteiger partial charge in [-0.1, -0.05) is 99.6 Å². The van der Waals surface area contributed by atoms with E-state index in [9.17, 15) is 18.0 Å². The number of pyridine rings is 1. The van der Waals surface area contributed by atoms with Gasteiger partial charge in [0, 0.05) is 96.5 Å². The van der Waals surface area contributed by atoms with Crippen molar-refractivity contribution in [1.29, 1.82) is 0 Å². The predicted octanol–water partition coefficient (Wildman–Crippen LogP) is 13.2. The maximum Gasteiger partial charge on any atom is 0.236 e. The van der Waals surface area contributed by atoms with Crippen LogP contribution in [0, 0.1) is 17.5 Å². The zero-order valence-corrected chi connectivity index (χ0v) is 55.8. The van der Waals surface area contributed by atoms with Gasteiger partial charge in [0.15, 0.2) is 0 Å². The monoisotopic (exact) mass is 1220 g/mol. The number of methoxy groups -OCH3 is 1. The third-order valence-corrected chi connectivity index (χ3v) is 16.4. The second-order valence-electron chi connectivity index (χ2n) is 25.3. The molecule has 0 radical (unpaired) electrons. The molecule has 0 bridgehead atoms. The number of rotatable bonds is 13. The summed E-state index contributed by atoms with van der Waals surface area (Å²) >= 11 is 0. The first-order chi connectivity index (χ1) is 42.0. The van der Waals surface area contributed by atoms with E-state index in [0.717, 1.165) is 107 Å². The standard InChI is InChI=1S/C17H26FN3O.C15H22FNO.C14H21NO2.C13H18FNO.C12H18N2O/c1-13(2)14-5-6-16(15(18)11-14)20-7-9-21(10-8-20)17(22)12-19(3)4;1-10(2)13-5-6-15(14(16)7-13)17-8-11(3)18-12(4)9-17;1-11(2)13-5-4-12(10-14(13)16-3)15-6-8-17-9-7-15;1-10(2)11-3-4-13(12(14)9-11)15-5-7-16-8-6-15;1-10(2)11-3-4-12(13-9-11)14-5-7-15-8-6-14/h5-6,11,13H,7-10,12H2,1-4H3;5-7,10-12H,8-9H2,1-4H3;4-5,10-11H,6-9H2,1-3H3;3-4,9-10H,5-8H2,1-2H3;3-4,9-10H,5-8H2,1-2H3. The highest BCUT2D eigenvalue weighted by atomic mass is 19.1. The average Bonchev–Trinajstić information content (AvgIpc) is 3.68. The number of halogens is 3. The van der Waals surface area contributed by atoms with E-state index >= 15 is 0 Å². The van der Waals surface area contributed by atoms with E-state index in [-0.39, 0.29) is 35.6 Å². The number of benzene rings is 4. The van der Waals surface area contributed by atoms with Crippen LogP contribution in [0.15, 0.2) is 91.1 Å². The number of hydrogen-bond donors (Lipinski definition) is 0. The van der Waals surface area contributed by atoms with Crippen LogP contribution in [0.5, 0.6) is 5.75 Å². The Morgan fingerprint density at radius 1 is 0.511 bits per heavy atom. The van der Waals surface area contributed by atoms with Crippen LogP contribution in [0.2, 0.25) is 0 Å². The first-order valence-corrected chi connectivity index (χ1v) is 32.1. The van der Waals surface area contributed by atoms with Crippen molar-refractivity contribution in [2.24, 2.45) is 0 Å². The SMILES string of the molecule is CC(C)c1ccc(N2CCN(C(=O)CN(C)C)CC2)c(F)c1.CC(C)c1ccc(N2CCOCC2)c(F)c1.CC(C)c1ccc(N2CCOCC2)nc1.CC1CN(c2ccc(C(C)C)cc2F)CC(C)O1.COc1cc(N2CCOCC2)ccc1C(C)C. The van der Waals surface area contributed by atoms with E-state index in [0.29, 0.717) is 92.6 Å². The second-order valence-corrected chi connectivity index (χ2v) is 25.3. The van der Waals surface area contributed by atoms with Crippen molar-refractivity contribution in [2.45, 2.75) is 125 Å². The molecule has 10 rings (SSSR count). The molecule has 88 heavy (non-hydrogen) atoms. The van der Waals surface area contributed by atoms with Crippen LogP contribution in [-0.4, -0.2) is 179 Å². The fraction of sp³-hybridized carbons (Fsp3) is 0.577. The van der Waals surface area contributed by atoms with Crippen LogP contribution in [0.1, 0.15) is 140 Å². The highest BCUT2D eigenvalue weighted by Gasteiger charge is 2.26. The number of piperazine rings is 1. The number of aromatic nitrogens is 1. The van der Waals surface area contributed by atoms with Crippen LogP contribution in [0.3, 0.4) is 0 Å². The molecule has 5 aliphatic heterocycles. The topological polar surface area (TPSA) is 98.8 Å². The third kappa shape index (κ3) is 21.6. The molecule has 5 fully saturated rings. The van der Waals surface area contributed by atoms with Crippen LogP contribution < -0.4 is 29.2 Å². The number of amides is 1. The van der Waals surface area contributed by atoms with E-state index in [4.69, 9.17) is 23.7 Å². The van der Waals surface area contributed by atoms with Gasteiger partial charge in [-0.05, 0) is 134 Å². The Hall–Kier alpha value is -6.11. The van der Waals surface area contributed by atoms with Gasteiger partial charge in [-0.3, -0.25) is 4.79 Å². The van der Waals surface area contributed by atoms with Gasteiger partial charge < -0.3 is 58.0 Å². The normalized spacial score (nSPS) is 18.1. The molecular weight excluding hydrogens is 1120 g/mol. The Bertz CT molecular complexity index is 2860. The van der Waals surface area contributed by atoms with Gasteiger partial charge in [0.05, 0.1) is 82.6 Å². The summed E-state index contributed by atoms with van der Waals surface area (Å²) in [5.41, 5.74) is 8.95. The molecule has 2 atom stereocenters. The highest BCUT2D eigenvalue weighted by molar-refractivity contribution is 5.78. The molecule has 0 saturated carbocycles. The summed E-state index contributed by atoms with van der Waals surface area (Å²) in [7, 11) is 5.52. The Balaban J connectivity index is 0.000000177. The van der Waals surface area contributed by atoms with E-state index in [1.54, 1.807) is 25.3 Å². The van der Waals surface area contributed by atoms with Crippen LogP contribution in [-0.2, 0) is 23.7 Å². The zero-order chi connectivity index (χ0) is 64.0. The summed E-state index contributed by atoms with van der Waals surface area (Å²) in [6.45, 7) is 39.8. The number of hydrogen-bond acceptors (Lipinski definition) is 13. The van der Waals surface area contributed by atoms with Crippen LogP contribution in [0.4, 0.5) is 41.7 Å². The number of ether oxygens (including phenoxy) is 5. The fourth-order valence-electron chi connectivity index (χ4n) is 11.1. The zero-order valence-electron chi connectivity index (χ0n) is 55.8. The molecule has 4 aromatic carbocycles. The van der Waals surface area contributed by atoms with Gasteiger partial charge >= 0.3 is 0 Å². The molecule has 6 heterocycles. The van der Waals surface area contributed by atoms with Crippen LogP contribution >= 0.6 is 0 Å². The van der Waals surface area contributed by atoms with Gasteiger partial charge in [0.25, 0.3) is 0 Å². The summed E-state index contributed by atoms with van der Waals surface area (Å²) in [5.74, 6) is 3.88. The van der Waals surface area contributed by atoms with Crippen molar-refractivity contribution in [3.05, 3.63) is 136 Å². The smallest absolute Gasteiger partial charge is 0.236 e. The summed E-state index contributed by atoms with van der Waals surface area (Å²) in [5, 5.41) is 0. The minimum atomic E-state index is -0.167. The predicted molar refractivity (Wildman–Crippen MR) is 356 cm³/mol. The fourth-order valence-corrected chi connectivity index (χ4v) is 11.1. The summed E-state index contributed by atoms with van der Waals surface area (Å²) in [6, 6.07) is 27.4. The van der Waals surface area contributed by atoms with E-state index in [2.05, 4.69) is 119 Å². The van der Waals surface area contributed by atoms with Gasteiger partial charge in [-0.2, -0.15) is 0 Å². The molecule has 5 aliphatic rings. The summed E-state index contributed by atoms with van der Waals surface area (Å²) in [4.78, 5) is 31.0. The van der Waals surface area contributed by atoms with Crippen molar-refractivity contribution in [1.82, 2.24) is 14.8 Å². The second kappa shape index (κ2) is 35.3. The Kier molecular flexibility index (Phi) is 28.5. The van der Waals surface area contributed by atoms with Crippen molar-refractivity contribution < 1.29 is 41.7 Å². The third-order valence-electron chi connectivity index (χ3n) is 16.4. The molecule has 5 saturated heterocycles. The van der Waals surface area contributed by atoms with Gasteiger partial charge in [-0.25, -0.2) is 18.2 Å². The largest absolute Gasteiger partial charge is 0.496 e. The first-order valence-electron chi connectivity index (χ1n) is 32.1. The van der Waals surface area contributed by atoms with E-state index in [1.807, 2.05) is 90.1 Å². The molecule has 1 aromatic heterocycles. The summed E-state index contributed by atoms with van der Waals surface area (Å²) in [6.07, 6.45) is 2.28. The van der Waals surface area contributed by atoms with Gasteiger partial charge in [0.1, 0.15) is 29.0 Å². The Labute approximate surface area is 526 Å². The molecule has 17 heteroatoms. The number of carbonyl (C=O) groups excluding carboxylic acids is 1. The number of carbonyl (C=O) groups is 1. The maximum absolute atomic E-state index is 14.3. The number of nitrogens with zero attached hydrogens (tertiary/aromatic N) is 8. The lowest BCUT2D eigenvalue weighted by molar-refractivity contribution is -0.132. The average molecular weight is 1220 g/mol. The van der Waals surface area contributed by atoms with Crippen molar-refractivity contribution in [3.63, 3.8) is 0 Å². The molecule has 0 N–H and O–H groups in total. The van der Waals surface area contributed by atoms with Crippen molar-refractivity contribution >= 4 is 34.5 Å². The molecule has 1 amide bonds. The number of anilines is 5. The number of likely N-dealkylation sites (N-methyl/N-ethyl adjacent to an activating group) is 1. The highest BCUT2D eigenvalue weighted by Crippen LogP contribution is 2.32. The van der Waals surface area contributed by atoms with E-state index in [1.165, 1.54) is 16.8 Å². The lowest BCUT2D eigenvalue weighted by atomic mass is 10.0. The Morgan fingerprint density at radius 2 is 0.920 bits per heavy atom. The van der Waals surface area contributed by atoms with Crippen LogP contribution in [0.25, 0.3) is 0 Å². The molecular formula is C71H105F3N8O6. The minimum absolute atomic E-state index is 0.117. The lowest BCUT2D eigenvalue weighted by Gasteiger charge is -2.37. The van der Waals surface area contributed by atoms with Gasteiger partial charge in [0.2, 0.25) is 5.91 Å². The lowest BCUT2D eigenvalue weighted by Crippen LogP contribution is -2.51. The van der Waals surface area contributed by atoms with Crippen molar-refractivity contribution in [3.8, 4) is 5.75 Å². The molecule has 0 spiro atoms. The number of morpholine rings is 4. The summed E-state index contributed by atoms with van der Waals surface area (Å²) < 4.78 is 69.5. The Morgan fingerprint density at radius 3 is 1.31 bits per heavy atom. The molecule has 14 nitrogen and oxygen atoms in total. The maximum atomic E-state index is 14.3. The quantitative estimate of drug-likeness (QED) is 0.112. The van der Waals surface area contributed by atoms with Crippen molar-refractivity contribution in [2.75, 3.05) is 170 Å². The van der Waals surface area contributed by atoms with Gasteiger partial charge in [-0.15, -0.1) is 0 Å².